The minimum atomic E-state index is 1.19. The highest BCUT2D eigenvalue weighted by Gasteiger charge is 1.82. The van der Waals surface area contributed by atoms with Gasteiger partial charge in [0.1, 0.15) is 0 Å². The molecule has 0 aromatic heterocycles. The Kier molecular flexibility index (Phi) is 41.3. The molecule has 0 radical (unpaired) electrons. The lowest BCUT2D eigenvalue weighted by Crippen LogP contribution is -1.71. The maximum absolute atomic E-state index is 3.62. The molecule has 0 N–H and O–H groups in total. The van der Waals surface area contributed by atoms with E-state index in [9.17, 15) is 0 Å². The summed E-state index contributed by atoms with van der Waals surface area (Å²) in [5.41, 5.74) is 2.39. The fourth-order valence-electron chi connectivity index (χ4n) is 0.322. The fraction of sp³-hybridized carbons (Fsp3) is 0.333. The second kappa shape index (κ2) is 29.5. The summed E-state index contributed by atoms with van der Waals surface area (Å²) >= 11 is 0. The Balaban J connectivity index is -0.0000000834. The van der Waals surface area contributed by atoms with Crippen LogP contribution in [-0.4, -0.2) is 0 Å². The number of rotatable bonds is 3. The van der Waals surface area contributed by atoms with Crippen LogP contribution in [0.15, 0.2) is 61.8 Å². The molecule has 0 aromatic carbocycles. The third kappa shape index (κ3) is 36.7. The zero-order chi connectivity index (χ0) is 15.4. The van der Waals surface area contributed by atoms with Gasteiger partial charge in [0.15, 0.2) is 0 Å². The molecule has 0 aliphatic heterocycles. The van der Waals surface area contributed by atoms with Crippen LogP contribution in [0.3, 0.4) is 0 Å². The molecular formula is C18H30. The molecule has 0 unspecified atom stereocenters. The monoisotopic (exact) mass is 246 g/mol. The summed E-state index contributed by atoms with van der Waals surface area (Å²) in [6, 6.07) is 0. The first-order chi connectivity index (χ1) is 8.55. The molecule has 0 aromatic rings. The van der Waals surface area contributed by atoms with E-state index < -0.39 is 0 Å². The Morgan fingerprint density at radius 3 is 1.00 bits per heavy atom. The Morgan fingerprint density at radius 1 is 0.722 bits per heavy atom. The average Bonchev–Trinajstić information content (AvgIpc) is 2.47. The third-order valence-electron chi connectivity index (χ3n) is 1.65. The van der Waals surface area contributed by atoms with Crippen LogP contribution in [0.2, 0.25) is 0 Å². The van der Waals surface area contributed by atoms with Gasteiger partial charge in [0, 0.05) is 0 Å². The van der Waals surface area contributed by atoms with E-state index in [-0.39, 0.29) is 0 Å². The summed E-state index contributed by atoms with van der Waals surface area (Å²) in [5.74, 6) is 5.36. The maximum atomic E-state index is 3.62. The van der Waals surface area contributed by atoms with Crippen LogP contribution in [0.25, 0.3) is 0 Å². The smallest absolute Gasteiger partial charge is 0.00271 e. The van der Waals surface area contributed by atoms with E-state index in [2.05, 4.69) is 38.2 Å². The average molecular weight is 246 g/mol. The van der Waals surface area contributed by atoms with Gasteiger partial charge in [-0.3, -0.25) is 0 Å². The highest BCUT2D eigenvalue weighted by molar-refractivity contribution is 5.27. The first-order valence-electron chi connectivity index (χ1n) is 6.04. The number of hydrogen-bond donors (Lipinski definition) is 0. The van der Waals surface area contributed by atoms with Gasteiger partial charge in [-0.05, 0) is 38.8 Å². The molecule has 0 saturated carbocycles. The molecule has 0 aliphatic carbocycles. The molecule has 0 nitrogen and oxygen atoms in total. The predicted octanol–water partition coefficient (Wildman–Crippen LogP) is 6.11. The lowest BCUT2D eigenvalue weighted by molar-refractivity contribution is 1.39. The van der Waals surface area contributed by atoms with Crippen molar-refractivity contribution in [1.29, 1.82) is 0 Å². The van der Waals surface area contributed by atoms with Gasteiger partial charge in [0.25, 0.3) is 0 Å². The van der Waals surface area contributed by atoms with E-state index in [1.54, 1.807) is 12.2 Å². The van der Waals surface area contributed by atoms with Crippen molar-refractivity contribution in [1.82, 2.24) is 0 Å². The van der Waals surface area contributed by atoms with Crippen molar-refractivity contribution in [2.45, 2.75) is 41.5 Å². The summed E-state index contributed by atoms with van der Waals surface area (Å²) in [7, 11) is 0. The van der Waals surface area contributed by atoms with Crippen molar-refractivity contribution < 1.29 is 0 Å². The van der Waals surface area contributed by atoms with E-state index in [1.807, 2.05) is 53.7 Å². The van der Waals surface area contributed by atoms with Gasteiger partial charge in [0.05, 0.1) is 0 Å². The summed E-state index contributed by atoms with van der Waals surface area (Å²) in [6.07, 6.45) is 6.94. The van der Waals surface area contributed by atoms with Crippen LogP contribution in [0.1, 0.15) is 41.5 Å². The van der Waals surface area contributed by atoms with Crippen molar-refractivity contribution in [3.05, 3.63) is 61.8 Å². The number of allylic oxidation sites excluding steroid dienone is 6. The minimum Gasteiger partial charge on any atom is -0.107 e. The van der Waals surface area contributed by atoms with Crippen molar-refractivity contribution in [2.75, 3.05) is 0 Å². The second-order valence-corrected chi connectivity index (χ2v) is 2.75. The van der Waals surface area contributed by atoms with Crippen molar-refractivity contribution in [3.8, 4) is 11.8 Å². The molecule has 0 amide bonds. The van der Waals surface area contributed by atoms with Crippen LogP contribution in [0, 0.1) is 11.8 Å². The predicted molar refractivity (Wildman–Crippen MR) is 89.6 cm³/mol. The molecule has 0 spiro atoms. The van der Waals surface area contributed by atoms with Crippen molar-refractivity contribution >= 4 is 0 Å². The van der Waals surface area contributed by atoms with Crippen LogP contribution >= 0.6 is 0 Å². The highest BCUT2D eigenvalue weighted by atomic mass is 13.9. The van der Waals surface area contributed by atoms with Gasteiger partial charge >= 0.3 is 0 Å². The minimum absolute atomic E-state index is 1.19. The molecule has 102 valence electrons. The Labute approximate surface area is 116 Å². The quantitative estimate of drug-likeness (QED) is 0.416. The first-order valence-corrected chi connectivity index (χ1v) is 6.04. The molecule has 0 heterocycles. The van der Waals surface area contributed by atoms with Gasteiger partial charge in [-0.1, -0.05) is 64.5 Å². The largest absolute Gasteiger partial charge is 0.107 e. The Hall–Kier alpha value is -1.74. The van der Waals surface area contributed by atoms with E-state index in [0.717, 1.165) is 0 Å². The zero-order valence-electron chi connectivity index (χ0n) is 13.1. The molecular weight excluding hydrogens is 216 g/mol. The van der Waals surface area contributed by atoms with Crippen LogP contribution in [0.5, 0.6) is 0 Å². The molecule has 0 bridgehead atoms. The van der Waals surface area contributed by atoms with Gasteiger partial charge in [-0.15, -0.1) is 11.8 Å². The fourth-order valence-corrected chi connectivity index (χ4v) is 0.322. The lowest BCUT2D eigenvalue weighted by atomic mass is 10.1. The zero-order valence-corrected chi connectivity index (χ0v) is 13.1. The summed E-state index contributed by atoms with van der Waals surface area (Å²) in [6.45, 7) is 25.6. The van der Waals surface area contributed by atoms with Crippen molar-refractivity contribution in [2.24, 2.45) is 0 Å². The van der Waals surface area contributed by atoms with Crippen LogP contribution in [-0.2, 0) is 0 Å². The van der Waals surface area contributed by atoms with E-state index >= 15 is 0 Å². The molecule has 0 fully saturated rings. The van der Waals surface area contributed by atoms with Crippen molar-refractivity contribution in [3.63, 3.8) is 0 Å². The molecule has 0 saturated heterocycles. The third-order valence-corrected chi connectivity index (χ3v) is 1.65. The van der Waals surface area contributed by atoms with E-state index in [1.165, 1.54) is 11.1 Å². The molecule has 0 aliphatic rings. The van der Waals surface area contributed by atoms with Crippen LogP contribution in [0.4, 0.5) is 0 Å². The highest BCUT2D eigenvalue weighted by Crippen LogP contribution is 2.02. The first kappa shape index (κ1) is 25.2. The normalized spacial score (nSPS) is 7.67. The summed E-state index contributed by atoms with van der Waals surface area (Å²) in [5, 5.41) is 0. The number of hydrogen-bond acceptors (Lipinski definition) is 0. The summed E-state index contributed by atoms with van der Waals surface area (Å²) in [4.78, 5) is 0. The standard InChI is InChI=1S/C8H12.2C4H6.C2H6/c1-5-7(3)8(4)6-2;2*1-3-4-2;1-2/h5-6H,1-2H2,3-4H3;1-2H3;3-4H,1-2H2;1-2H3/b8-7-;;;. The maximum Gasteiger partial charge on any atom is -0.00271 e. The Bertz CT molecular complexity index is 262. The van der Waals surface area contributed by atoms with Gasteiger partial charge in [0.2, 0.25) is 0 Å². The van der Waals surface area contributed by atoms with E-state index in [4.69, 9.17) is 0 Å². The Morgan fingerprint density at radius 2 is 0.944 bits per heavy atom. The van der Waals surface area contributed by atoms with Gasteiger partial charge < -0.3 is 0 Å². The molecule has 0 rings (SSSR count). The molecule has 0 atom stereocenters. The lowest BCUT2D eigenvalue weighted by Gasteiger charge is -1.92. The molecule has 0 heteroatoms. The SMILES string of the molecule is C=C/C(C)=C(/C)C=C.C=CC=C.CC.CC#CC. The van der Waals surface area contributed by atoms with E-state index in [0.29, 0.717) is 0 Å². The van der Waals surface area contributed by atoms with Crippen LogP contribution < -0.4 is 0 Å². The summed E-state index contributed by atoms with van der Waals surface area (Å²) < 4.78 is 0. The second-order valence-electron chi connectivity index (χ2n) is 2.75. The topological polar surface area (TPSA) is 0 Å². The molecule has 18 heavy (non-hydrogen) atoms. The van der Waals surface area contributed by atoms with Gasteiger partial charge in [-0.25, -0.2) is 0 Å². The van der Waals surface area contributed by atoms with Gasteiger partial charge in [-0.2, -0.15) is 0 Å².